The molecule has 1 atom stereocenters. The molecule has 1 aliphatic heterocycles. The van der Waals surface area contributed by atoms with Gasteiger partial charge in [0.25, 0.3) is 0 Å². The maximum atomic E-state index is 3.35. The van der Waals surface area contributed by atoms with Gasteiger partial charge in [-0.3, -0.25) is 4.90 Å². The second-order valence-electron chi connectivity index (χ2n) is 5.71. The van der Waals surface area contributed by atoms with E-state index >= 15 is 0 Å². The van der Waals surface area contributed by atoms with E-state index in [4.69, 9.17) is 0 Å². The van der Waals surface area contributed by atoms with Crippen molar-refractivity contribution in [2.24, 2.45) is 5.92 Å². The molecule has 1 saturated heterocycles. The van der Waals surface area contributed by atoms with Gasteiger partial charge in [-0.25, -0.2) is 0 Å². The minimum Gasteiger partial charge on any atom is -0.318 e. The van der Waals surface area contributed by atoms with Crippen LogP contribution >= 0.6 is 0 Å². The molecule has 0 aromatic carbocycles. The summed E-state index contributed by atoms with van der Waals surface area (Å²) in [6.45, 7) is 3.92. The van der Waals surface area contributed by atoms with Crippen LogP contribution in [0.2, 0.25) is 0 Å². The van der Waals surface area contributed by atoms with Crippen molar-refractivity contribution < 1.29 is 0 Å². The molecule has 2 aliphatic rings. The molecule has 2 nitrogen and oxygen atoms in total. The number of hydrogen-bond acceptors (Lipinski definition) is 2. The quantitative estimate of drug-likeness (QED) is 0.739. The molecule has 0 aromatic heterocycles. The Morgan fingerprint density at radius 2 is 1.75 bits per heavy atom. The van der Waals surface area contributed by atoms with Gasteiger partial charge in [0.05, 0.1) is 0 Å². The Morgan fingerprint density at radius 1 is 1.00 bits per heavy atom. The molecule has 1 unspecified atom stereocenters. The highest BCUT2D eigenvalue weighted by Crippen LogP contribution is 2.26. The van der Waals surface area contributed by atoms with Crippen LogP contribution < -0.4 is 5.32 Å². The fourth-order valence-electron chi connectivity index (χ4n) is 3.48. The first-order valence-corrected chi connectivity index (χ1v) is 7.29. The summed E-state index contributed by atoms with van der Waals surface area (Å²) < 4.78 is 0. The van der Waals surface area contributed by atoms with Gasteiger partial charge >= 0.3 is 0 Å². The molecular formula is C14H28N2. The van der Waals surface area contributed by atoms with Crippen LogP contribution in [0, 0.1) is 5.92 Å². The molecule has 0 radical (unpaired) electrons. The van der Waals surface area contributed by atoms with Gasteiger partial charge in [0, 0.05) is 19.1 Å². The summed E-state index contributed by atoms with van der Waals surface area (Å²) in [4.78, 5) is 2.76. The molecule has 2 rings (SSSR count). The van der Waals surface area contributed by atoms with E-state index in [0.29, 0.717) is 0 Å². The highest BCUT2D eigenvalue weighted by atomic mass is 15.2. The van der Waals surface area contributed by atoms with Crippen molar-refractivity contribution in [3.8, 4) is 0 Å². The van der Waals surface area contributed by atoms with E-state index in [0.717, 1.165) is 12.0 Å². The molecule has 0 bridgehead atoms. The zero-order valence-electron chi connectivity index (χ0n) is 10.9. The lowest BCUT2D eigenvalue weighted by molar-refractivity contribution is 0.202. The Balaban J connectivity index is 1.78. The van der Waals surface area contributed by atoms with Crippen molar-refractivity contribution >= 4 is 0 Å². The molecule has 1 aliphatic carbocycles. The zero-order valence-corrected chi connectivity index (χ0v) is 10.9. The SMILES string of the molecule is CNCC1CCCN1CC1CCCCCC1. The molecule has 0 spiro atoms. The molecule has 1 heterocycles. The van der Waals surface area contributed by atoms with Gasteiger partial charge in [-0.05, 0) is 45.2 Å². The minimum atomic E-state index is 0.827. The van der Waals surface area contributed by atoms with Gasteiger partial charge in [0.15, 0.2) is 0 Å². The van der Waals surface area contributed by atoms with E-state index in [-0.39, 0.29) is 0 Å². The average Bonchev–Trinajstić information content (AvgIpc) is 2.56. The van der Waals surface area contributed by atoms with E-state index in [1.54, 1.807) is 0 Å². The van der Waals surface area contributed by atoms with E-state index in [2.05, 4.69) is 17.3 Å². The van der Waals surface area contributed by atoms with Crippen molar-refractivity contribution in [2.45, 2.75) is 57.4 Å². The van der Waals surface area contributed by atoms with Crippen molar-refractivity contribution in [1.29, 1.82) is 0 Å². The van der Waals surface area contributed by atoms with Crippen molar-refractivity contribution in [2.75, 3.05) is 26.7 Å². The number of hydrogen-bond donors (Lipinski definition) is 1. The molecule has 1 saturated carbocycles. The summed E-state index contributed by atoms with van der Waals surface area (Å²) in [7, 11) is 2.09. The average molecular weight is 224 g/mol. The predicted molar refractivity (Wildman–Crippen MR) is 69.7 cm³/mol. The topological polar surface area (TPSA) is 15.3 Å². The smallest absolute Gasteiger partial charge is 0.0221 e. The monoisotopic (exact) mass is 224 g/mol. The Hall–Kier alpha value is -0.0800. The predicted octanol–water partition coefficient (Wildman–Crippen LogP) is 2.64. The van der Waals surface area contributed by atoms with Crippen molar-refractivity contribution in [3.63, 3.8) is 0 Å². The molecule has 94 valence electrons. The Morgan fingerprint density at radius 3 is 2.44 bits per heavy atom. The summed E-state index contributed by atoms with van der Waals surface area (Å²) in [6, 6.07) is 0.827. The first-order chi connectivity index (χ1) is 7.90. The van der Waals surface area contributed by atoms with Crippen molar-refractivity contribution in [3.05, 3.63) is 0 Å². The lowest BCUT2D eigenvalue weighted by Crippen LogP contribution is -2.39. The lowest BCUT2D eigenvalue weighted by atomic mass is 9.99. The highest BCUT2D eigenvalue weighted by Gasteiger charge is 2.26. The lowest BCUT2D eigenvalue weighted by Gasteiger charge is -2.28. The largest absolute Gasteiger partial charge is 0.318 e. The van der Waals surface area contributed by atoms with Gasteiger partial charge in [0.2, 0.25) is 0 Å². The van der Waals surface area contributed by atoms with E-state index < -0.39 is 0 Å². The molecule has 0 amide bonds. The maximum Gasteiger partial charge on any atom is 0.0221 e. The Bertz CT molecular complexity index is 185. The number of nitrogens with one attached hydrogen (secondary N) is 1. The van der Waals surface area contributed by atoms with Crippen LogP contribution in [0.15, 0.2) is 0 Å². The van der Waals surface area contributed by atoms with E-state index in [1.165, 1.54) is 71.0 Å². The summed E-state index contributed by atoms with van der Waals surface area (Å²) in [5, 5.41) is 3.35. The van der Waals surface area contributed by atoms with Crippen LogP contribution in [0.5, 0.6) is 0 Å². The van der Waals surface area contributed by atoms with Crippen LogP contribution in [-0.2, 0) is 0 Å². The third-order valence-corrected chi connectivity index (χ3v) is 4.41. The maximum absolute atomic E-state index is 3.35. The highest BCUT2D eigenvalue weighted by molar-refractivity contribution is 4.82. The Kier molecular flexibility index (Phi) is 5.11. The zero-order chi connectivity index (χ0) is 11.2. The summed E-state index contributed by atoms with van der Waals surface area (Å²) in [5.74, 6) is 1.000. The molecule has 2 fully saturated rings. The van der Waals surface area contributed by atoms with E-state index in [1.807, 2.05) is 0 Å². The van der Waals surface area contributed by atoms with Crippen LogP contribution in [0.25, 0.3) is 0 Å². The first-order valence-electron chi connectivity index (χ1n) is 7.29. The van der Waals surface area contributed by atoms with Gasteiger partial charge in [-0.15, -0.1) is 0 Å². The summed E-state index contributed by atoms with van der Waals surface area (Å²) in [6.07, 6.45) is 11.7. The van der Waals surface area contributed by atoms with Crippen molar-refractivity contribution in [1.82, 2.24) is 10.2 Å². The van der Waals surface area contributed by atoms with E-state index in [9.17, 15) is 0 Å². The van der Waals surface area contributed by atoms with Crippen LogP contribution in [0.3, 0.4) is 0 Å². The number of nitrogens with zero attached hydrogens (tertiary/aromatic N) is 1. The second kappa shape index (κ2) is 6.61. The number of likely N-dealkylation sites (N-methyl/N-ethyl adjacent to an activating group) is 1. The number of likely N-dealkylation sites (tertiary alicyclic amines) is 1. The third-order valence-electron chi connectivity index (χ3n) is 4.41. The minimum absolute atomic E-state index is 0.827. The van der Waals surface area contributed by atoms with Crippen LogP contribution in [0.1, 0.15) is 51.4 Å². The standard InChI is InChI=1S/C14H28N2/c1-15-11-14-9-6-10-16(14)12-13-7-4-2-3-5-8-13/h13-15H,2-12H2,1H3. The molecule has 16 heavy (non-hydrogen) atoms. The molecule has 1 N–H and O–H groups in total. The summed E-state index contributed by atoms with van der Waals surface area (Å²) >= 11 is 0. The molecule has 2 heteroatoms. The van der Waals surface area contributed by atoms with Gasteiger partial charge < -0.3 is 5.32 Å². The molecule has 0 aromatic rings. The van der Waals surface area contributed by atoms with Gasteiger partial charge in [0.1, 0.15) is 0 Å². The first kappa shape index (κ1) is 12.4. The second-order valence-corrected chi connectivity index (χ2v) is 5.71. The Labute approximate surface area is 101 Å². The van der Waals surface area contributed by atoms with Crippen LogP contribution in [-0.4, -0.2) is 37.6 Å². The normalized spacial score (nSPS) is 29.4. The fraction of sp³-hybridized carbons (Fsp3) is 1.00. The molecular weight excluding hydrogens is 196 g/mol. The summed E-state index contributed by atoms with van der Waals surface area (Å²) in [5.41, 5.74) is 0. The third kappa shape index (κ3) is 3.46. The van der Waals surface area contributed by atoms with Gasteiger partial charge in [-0.1, -0.05) is 25.7 Å². The fourth-order valence-corrected chi connectivity index (χ4v) is 3.48. The van der Waals surface area contributed by atoms with Crippen LogP contribution in [0.4, 0.5) is 0 Å². The van der Waals surface area contributed by atoms with Gasteiger partial charge in [-0.2, -0.15) is 0 Å². The number of rotatable bonds is 4.